The topological polar surface area (TPSA) is 75.7 Å². The predicted molar refractivity (Wildman–Crippen MR) is 138 cm³/mol. The molecule has 1 amide bonds. The van der Waals surface area contributed by atoms with E-state index in [0.29, 0.717) is 5.75 Å². The van der Waals surface area contributed by atoms with E-state index in [-0.39, 0.29) is 15.6 Å². The molecule has 6 nitrogen and oxygen atoms in total. The van der Waals surface area contributed by atoms with Crippen molar-refractivity contribution in [1.82, 2.24) is 0 Å². The number of carbonyl (C=O) groups is 1. The summed E-state index contributed by atoms with van der Waals surface area (Å²) in [5.74, 6) is -0.0368. The molecule has 0 aromatic heterocycles. The Bertz CT molecular complexity index is 1250. The fourth-order valence-electron chi connectivity index (χ4n) is 3.68. The van der Waals surface area contributed by atoms with Gasteiger partial charge < -0.3 is 10.1 Å². The van der Waals surface area contributed by atoms with E-state index in [9.17, 15) is 13.2 Å². The molecular weight excluding hydrogens is 472 g/mol. The van der Waals surface area contributed by atoms with Gasteiger partial charge in [0.2, 0.25) is 5.91 Å². The van der Waals surface area contributed by atoms with Crippen LogP contribution in [0, 0.1) is 6.92 Å². The van der Waals surface area contributed by atoms with Crippen molar-refractivity contribution in [2.45, 2.75) is 38.5 Å². The number of nitrogens with zero attached hydrogens (tertiary/aromatic N) is 1. The first-order chi connectivity index (χ1) is 16.2. The number of benzene rings is 3. The van der Waals surface area contributed by atoms with Crippen molar-refractivity contribution >= 4 is 38.9 Å². The summed E-state index contributed by atoms with van der Waals surface area (Å²) >= 11 is 6.29. The average Bonchev–Trinajstić information content (AvgIpc) is 2.82. The van der Waals surface area contributed by atoms with E-state index in [1.54, 1.807) is 24.3 Å². The fourth-order valence-corrected chi connectivity index (χ4v) is 5.34. The van der Waals surface area contributed by atoms with Gasteiger partial charge in [0.05, 0.1) is 22.7 Å². The first kappa shape index (κ1) is 25.6. The highest BCUT2D eigenvalue weighted by Gasteiger charge is 2.28. The van der Waals surface area contributed by atoms with Gasteiger partial charge in [0.1, 0.15) is 12.3 Å². The molecule has 3 rings (SSSR count). The van der Waals surface area contributed by atoms with Crippen molar-refractivity contribution in [3.8, 4) is 5.75 Å². The van der Waals surface area contributed by atoms with E-state index in [1.165, 1.54) is 25.3 Å². The van der Waals surface area contributed by atoms with Gasteiger partial charge in [-0.15, -0.1) is 0 Å². The van der Waals surface area contributed by atoms with E-state index >= 15 is 0 Å². The van der Waals surface area contributed by atoms with E-state index < -0.39 is 22.5 Å². The lowest BCUT2D eigenvalue weighted by atomic mass is 10.0. The summed E-state index contributed by atoms with van der Waals surface area (Å²) in [6.45, 7) is 5.48. The lowest BCUT2D eigenvalue weighted by molar-refractivity contribution is -0.114. The number of ether oxygens (including phenoxy) is 1. The van der Waals surface area contributed by atoms with Crippen LogP contribution in [0.4, 0.5) is 11.4 Å². The van der Waals surface area contributed by atoms with E-state index in [4.69, 9.17) is 16.3 Å². The molecule has 0 atom stereocenters. The SMILES string of the molecule is CCc1cccc(CC)c1NC(=O)CN(c1ccc(OC)c(Cl)c1)S(=O)(=O)c1ccc(C)cc1. The molecule has 34 heavy (non-hydrogen) atoms. The zero-order valence-electron chi connectivity index (χ0n) is 19.8. The van der Waals surface area contributed by atoms with Gasteiger partial charge in [0.25, 0.3) is 10.0 Å². The van der Waals surface area contributed by atoms with Crippen molar-refractivity contribution < 1.29 is 17.9 Å². The number of aryl methyl sites for hydroxylation is 3. The Morgan fingerprint density at radius 1 is 1.00 bits per heavy atom. The number of rotatable bonds is 9. The highest BCUT2D eigenvalue weighted by atomic mass is 35.5. The molecular formula is C26H29ClN2O4S. The Hall–Kier alpha value is -3.03. The summed E-state index contributed by atoms with van der Waals surface area (Å²) in [5.41, 5.74) is 3.92. The van der Waals surface area contributed by atoms with E-state index in [0.717, 1.165) is 39.5 Å². The second-order valence-corrected chi connectivity index (χ2v) is 10.1. The fraction of sp³-hybridized carbons (Fsp3) is 0.269. The van der Waals surface area contributed by atoms with Crippen LogP contribution >= 0.6 is 11.6 Å². The number of sulfonamides is 1. The smallest absolute Gasteiger partial charge is 0.264 e. The van der Waals surface area contributed by atoms with Crippen LogP contribution in [-0.2, 0) is 27.7 Å². The van der Waals surface area contributed by atoms with Gasteiger partial charge >= 0.3 is 0 Å². The monoisotopic (exact) mass is 500 g/mol. The first-order valence-corrected chi connectivity index (χ1v) is 12.9. The first-order valence-electron chi connectivity index (χ1n) is 11.0. The van der Waals surface area contributed by atoms with Crippen LogP contribution in [-0.4, -0.2) is 28.0 Å². The molecule has 3 aromatic rings. The van der Waals surface area contributed by atoms with Crippen LogP contribution in [0.1, 0.15) is 30.5 Å². The Kier molecular flexibility index (Phi) is 8.23. The number of methoxy groups -OCH3 is 1. The van der Waals surface area contributed by atoms with Gasteiger partial charge in [0.15, 0.2) is 0 Å². The Balaban J connectivity index is 2.02. The predicted octanol–water partition coefficient (Wildman–Crippen LogP) is 5.62. The van der Waals surface area contributed by atoms with Gasteiger partial charge in [-0.2, -0.15) is 0 Å². The maximum atomic E-state index is 13.6. The summed E-state index contributed by atoms with van der Waals surface area (Å²) in [4.78, 5) is 13.3. The second kappa shape index (κ2) is 10.9. The molecule has 0 aliphatic rings. The lowest BCUT2D eigenvalue weighted by Crippen LogP contribution is -2.38. The summed E-state index contributed by atoms with van der Waals surface area (Å²) in [6, 6.07) is 17.0. The number of para-hydroxylation sites is 1. The zero-order chi connectivity index (χ0) is 24.9. The largest absolute Gasteiger partial charge is 0.495 e. The summed E-state index contributed by atoms with van der Waals surface area (Å²) < 4.78 is 33.5. The van der Waals surface area contributed by atoms with Crippen molar-refractivity contribution in [1.29, 1.82) is 0 Å². The summed E-state index contributed by atoms with van der Waals surface area (Å²) in [7, 11) is -2.58. The van der Waals surface area contributed by atoms with Gasteiger partial charge in [0, 0.05) is 5.69 Å². The minimum Gasteiger partial charge on any atom is -0.495 e. The maximum absolute atomic E-state index is 13.6. The third-order valence-corrected chi connectivity index (χ3v) is 7.67. The third kappa shape index (κ3) is 5.54. The van der Waals surface area contributed by atoms with Gasteiger partial charge in [-0.3, -0.25) is 9.10 Å². The number of halogens is 1. The minimum absolute atomic E-state index is 0.0843. The van der Waals surface area contributed by atoms with Gasteiger partial charge in [-0.25, -0.2) is 8.42 Å². The minimum atomic E-state index is -4.05. The molecule has 180 valence electrons. The molecule has 1 N–H and O–H groups in total. The molecule has 0 saturated carbocycles. The van der Waals surface area contributed by atoms with Crippen LogP contribution in [0.2, 0.25) is 5.02 Å². The molecule has 0 radical (unpaired) electrons. The van der Waals surface area contributed by atoms with Gasteiger partial charge in [-0.05, 0) is 61.2 Å². The van der Waals surface area contributed by atoms with Crippen LogP contribution in [0.25, 0.3) is 0 Å². The Morgan fingerprint density at radius 3 is 2.15 bits per heavy atom. The lowest BCUT2D eigenvalue weighted by Gasteiger charge is -2.25. The van der Waals surface area contributed by atoms with Crippen molar-refractivity contribution in [3.05, 3.63) is 82.4 Å². The maximum Gasteiger partial charge on any atom is 0.264 e. The van der Waals surface area contributed by atoms with Crippen molar-refractivity contribution in [2.75, 3.05) is 23.3 Å². The third-order valence-electron chi connectivity index (χ3n) is 5.58. The number of hydrogen-bond acceptors (Lipinski definition) is 4. The zero-order valence-corrected chi connectivity index (χ0v) is 21.3. The number of hydrogen-bond donors (Lipinski definition) is 1. The van der Waals surface area contributed by atoms with Crippen LogP contribution in [0.15, 0.2) is 65.6 Å². The average molecular weight is 501 g/mol. The number of carbonyl (C=O) groups excluding carboxylic acids is 1. The Morgan fingerprint density at radius 2 is 1.62 bits per heavy atom. The molecule has 8 heteroatoms. The van der Waals surface area contributed by atoms with Crippen LogP contribution in [0.5, 0.6) is 5.75 Å². The quantitative estimate of drug-likeness (QED) is 0.414. The summed E-state index contributed by atoms with van der Waals surface area (Å²) in [5, 5.41) is 3.19. The van der Waals surface area contributed by atoms with E-state index in [1.807, 2.05) is 39.0 Å². The van der Waals surface area contributed by atoms with E-state index in [2.05, 4.69) is 5.32 Å². The van der Waals surface area contributed by atoms with Crippen molar-refractivity contribution in [2.24, 2.45) is 0 Å². The molecule has 0 fully saturated rings. The molecule has 0 heterocycles. The number of anilines is 2. The number of nitrogens with one attached hydrogen (secondary N) is 1. The molecule has 0 aliphatic heterocycles. The Labute approximate surface area is 206 Å². The molecule has 0 aliphatic carbocycles. The molecule has 3 aromatic carbocycles. The molecule has 0 saturated heterocycles. The highest BCUT2D eigenvalue weighted by molar-refractivity contribution is 7.92. The number of amides is 1. The van der Waals surface area contributed by atoms with Crippen LogP contribution < -0.4 is 14.4 Å². The molecule has 0 spiro atoms. The normalized spacial score (nSPS) is 11.2. The molecule has 0 unspecified atom stereocenters. The highest BCUT2D eigenvalue weighted by Crippen LogP contribution is 2.32. The van der Waals surface area contributed by atoms with Gasteiger partial charge in [-0.1, -0.05) is 61.3 Å². The standard InChI is InChI=1S/C26H29ClN2O4S/c1-5-19-8-7-9-20(6-2)26(19)28-25(30)17-29(21-12-15-24(33-4)23(27)16-21)34(31,32)22-13-10-18(3)11-14-22/h7-16H,5-6,17H2,1-4H3,(H,28,30). The van der Waals surface area contributed by atoms with Crippen molar-refractivity contribution in [3.63, 3.8) is 0 Å². The summed E-state index contributed by atoms with van der Waals surface area (Å²) in [6.07, 6.45) is 1.48. The van der Waals surface area contributed by atoms with Crippen LogP contribution in [0.3, 0.4) is 0 Å². The molecule has 0 bridgehead atoms. The second-order valence-electron chi connectivity index (χ2n) is 7.85.